The number of carbonyl (C=O) groups is 2. The number of fused-ring (bicyclic) bond motifs is 1. The lowest BCUT2D eigenvalue weighted by atomic mass is 9.80. The number of hydrogen-bond acceptors (Lipinski definition) is 5. The van der Waals surface area contributed by atoms with Gasteiger partial charge in [-0.05, 0) is 55.0 Å². The minimum absolute atomic E-state index is 0.134. The van der Waals surface area contributed by atoms with Crippen LogP contribution in [0.3, 0.4) is 0 Å². The largest absolute Gasteiger partial charge is 0.416 e. The van der Waals surface area contributed by atoms with Crippen molar-refractivity contribution in [3.05, 3.63) is 113 Å². The molecule has 12 heteroatoms. The third-order valence-corrected chi connectivity index (χ3v) is 7.18. The standard InChI is InChI=1S/C30H27F4N5O3/c1-2-38-28-24(25(22(40)16-35)37-39(28)21-9-4-3-5-10-21)23(17-11-13-20(31)14-12-17)26(29(38)42)36-27(41)18-7-6-8-19(15-18)30(32,33)34/h3-15,22-23,26,40H,2,16,35H2,1H3,(H,36,41)/t22-,23+,26+/m1/s1. The maximum atomic E-state index is 14.1. The highest BCUT2D eigenvalue weighted by Crippen LogP contribution is 2.45. The predicted molar refractivity (Wildman–Crippen MR) is 147 cm³/mol. The minimum atomic E-state index is -4.68. The lowest BCUT2D eigenvalue weighted by Gasteiger charge is -2.38. The number of hydrogen-bond donors (Lipinski definition) is 3. The van der Waals surface area contributed by atoms with Crippen molar-refractivity contribution in [2.24, 2.45) is 5.73 Å². The van der Waals surface area contributed by atoms with Crippen molar-refractivity contribution in [2.45, 2.75) is 31.2 Å². The van der Waals surface area contributed by atoms with Crippen LogP contribution in [0.25, 0.3) is 5.69 Å². The van der Waals surface area contributed by atoms with Crippen LogP contribution in [0.4, 0.5) is 23.4 Å². The van der Waals surface area contributed by atoms with E-state index in [9.17, 15) is 32.3 Å². The molecule has 0 unspecified atom stereocenters. The molecule has 4 N–H and O–H groups in total. The number of nitrogens with one attached hydrogen (secondary N) is 1. The molecule has 2 heterocycles. The van der Waals surface area contributed by atoms with Crippen LogP contribution in [0.2, 0.25) is 0 Å². The van der Waals surface area contributed by atoms with Gasteiger partial charge >= 0.3 is 6.18 Å². The van der Waals surface area contributed by atoms with Crippen molar-refractivity contribution in [3.8, 4) is 5.69 Å². The highest BCUT2D eigenvalue weighted by Gasteiger charge is 2.47. The molecule has 0 aliphatic carbocycles. The Morgan fingerprint density at radius 3 is 2.38 bits per heavy atom. The molecule has 0 saturated carbocycles. The van der Waals surface area contributed by atoms with E-state index in [1.165, 1.54) is 39.9 Å². The third kappa shape index (κ3) is 5.26. The van der Waals surface area contributed by atoms with Crippen molar-refractivity contribution in [1.82, 2.24) is 15.1 Å². The summed E-state index contributed by atoms with van der Waals surface area (Å²) in [7, 11) is 0. The number of aromatic nitrogens is 2. The van der Waals surface area contributed by atoms with Crippen molar-refractivity contribution in [3.63, 3.8) is 0 Å². The van der Waals surface area contributed by atoms with Gasteiger partial charge in [0.25, 0.3) is 11.8 Å². The van der Waals surface area contributed by atoms with E-state index in [-0.39, 0.29) is 24.3 Å². The summed E-state index contributed by atoms with van der Waals surface area (Å²) >= 11 is 0. The van der Waals surface area contributed by atoms with Crippen molar-refractivity contribution < 1.29 is 32.3 Å². The Hall–Kier alpha value is -4.55. The fraction of sp³-hybridized carbons (Fsp3) is 0.233. The molecule has 0 bridgehead atoms. The summed E-state index contributed by atoms with van der Waals surface area (Å²) in [5.41, 5.74) is 6.03. The number of aliphatic hydroxyl groups is 1. The van der Waals surface area contributed by atoms with E-state index in [0.29, 0.717) is 28.7 Å². The van der Waals surface area contributed by atoms with Gasteiger partial charge in [-0.3, -0.25) is 14.5 Å². The van der Waals surface area contributed by atoms with Crippen LogP contribution in [0.5, 0.6) is 0 Å². The molecule has 42 heavy (non-hydrogen) atoms. The lowest BCUT2D eigenvalue weighted by Crippen LogP contribution is -2.55. The molecule has 0 radical (unpaired) electrons. The first-order valence-corrected chi connectivity index (χ1v) is 13.2. The van der Waals surface area contributed by atoms with Crippen LogP contribution in [0.15, 0.2) is 78.9 Å². The van der Waals surface area contributed by atoms with Crippen LogP contribution >= 0.6 is 0 Å². The average molecular weight is 582 g/mol. The normalized spacial score (nSPS) is 17.6. The second kappa shape index (κ2) is 11.4. The quantitative estimate of drug-likeness (QED) is 0.282. The minimum Gasteiger partial charge on any atom is -0.385 e. The summed E-state index contributed by atoms with van der Waals surface area (Å²) < 4.78 is 55.6. The van der Waals surface area contributed by atoms with Crippen molar-refractivity contribution in [1.29, 1.82) is 0 Å². The number of anilines is 1. The number of aliphatic hydroxyl groups excluding tert-OH is 1. The fourth-order valence-electron chi connectivity index (χ4n) is 5.23. The van der Waals surface area contributed by atoms with Gasteiger partial charge in [0.15, 0.2) is 0 Å². The van der Waals surface area contributed by atoms with Gasteiger partial charge in [-0.25, -0.2) is 9.07 Å². The number of halogens is 4. The second-order valence-corrected chi connectivity index (χ2v) is 9.76. The summed E-state index contributed by atoms with van der Waals surface area (Å²) in [5.74, 6) is -2.69. The summed E-state index contributed by atoms with van der Waals surface area (Å²) in [6, 6.07) is 16.7. The predicted octanol–water partition coefficient (Wildman–Crippen LogP) is 4.32. The first-order valence-electron chi connectivity index (χ1n) is 13.2. The number of likely N-dealkylation sites (N-methyl/N-ethyl adjacent to an activating group) is 1. The van der Waals surface area contributed by atoms with E-state index in [2.05, 4.69) is 10.4 Å². The highest BCUT2D eigenvalue weighted by atomic mass is 19.4. The van der Waals surface area contributed by atoms with Gasteiger partial charge in [0.05, 0.1) is 16.9 Å². The first-order chi connectivity index (χ1) is 20.0. The molecule has 3 aromatic carbocycles. The maximum Gasteiger partial charge on any atom is 0.416 e. The van der Waals surface area contributed by atoms with Crippen molar-refractivity contribution >= 4 is 17.6 Å². The Labute approximate surface area is 238 Å². The zero-order valence-electron chi connectivity index (χ0n) is 22.3. The number of alkyl halides is 3. The smallest absolute Gasteiger partial charge is 0.385 e. The zero-order valence-corrected chi connectivity index (χ0v) is 22.3. The second-order valence-electron chi connectivity index (χ2n) is 9.76. The molecule has 218 valence electrons. The molecular weight excluding hydrogens is 554 g/mol. The number of carbonyl (C=O) groups excluding carboxylic acids is 2. The van der Waals surface area contributed by atoms with Crippen molar-refractivity contribution in [2.75, 3.05) is 18.0 Å². The van der Waals surface area contributed by atoms with E-state index in [1.54, 1.807) is 37.3 Å². The number of para-hydroxylation sites is 1. The molecule has 2 amide bonds. The number of nitrogens with zero attached hydrogens (tertiary/aromatic N) is 3. The van der Waals surface area contributed by atoms with E-state index < -0.39 is 47.4 Å². The number of nitrogens with two attached hydrogens (primary N) is 1. The zero-order chi connectivity index (χ0) is 30.2. The van der Waals surface area contributed by atoms with E-state index in [1.807, 2.05) is 0 Å². The molecule has 8 nitrogen and oxygen atoms in total. The SMILES string of the molecule is CCN1C(=O)[C@@H](NC(=O)c2cccc(C(F)(F)F)c2)[C@@H](c2ccc(F)cc2)c2c([C@H](O)CN)nn(-c3ccccc3)c21. The Morgan fingerprint density at radius 1 is 1.07 bits per heavy atom. The molecule has 3 atom stereocenters. The van der Waals surface area contributed by atoms with Crippen LogP contribution in [0.1, 0.15) is 51.7 Å². The molecule has 1 aliphatic heterocycles. The Kier molecular flexibility index (Phi) is 7.85. The summed E-state index contributed by atoms with van der Waals surface area (Å²) in [4.78, 5) is 28.9. The van der Waals surface area contributed by atoms with Gasteiger partial charge in [0.1, 0.15) is 23.8 Å². The summed E-state index contributed by atoms with van der Waals surface area (Å²) in [6.45, 7) is 1.64. The van der Waals surface area contributed by atoms with Gasteiger partial charge in [0, 0.05) is 30.1 Å². The lowest BCUT2D eigenvalue weighted by molar-refractivity contribution is -0.137. The molecule has 4 aromatic rings. The van der Waals surface area contributed by atoms with Crippen LogP contribution in [-0.2, 0) is 11.0 Å². The van der Waals surface area contributed by atoms with E-state index in [0.717, 1.165) is 12.1 Å². The Bertz CT molecular complexity index is 1610. The Balaban J connectivity index is 1.71. The maximum absolute atomic E-state index is 14.1. The molecule has 0 fully saturated rings. The topological polar surface area (TPSA) is 113 Å². The molecule has 0 saturated heterocycles. The van der Waals surface area contributed by atoms with Crippen LogP contribution < -0.4 is 16.0 Å². The van der Waals surface area contributed by atoms with Gasteiger partial charge in [-0.1, -0.05) is 36.4 Å². The highest BCUT2D eigenvalue weighted by molar-refractivity contribution is 6.05. The van der Waals surface area contributed by atoms with Gasteiger partial charge < -0.3 is 16.2 Å². The Morgan fingerprint density at radius 2 is 1.76 bits per heavy atom. The number of amides is 2. The molecule has 0 spiro atoms. The van der Waals surface area contributed by atoms with Gasteiger partial charge in [-0.15, -0.1) is 0 Å². The van der Waals surface area contributed by atoms with E-state index in [4.69, 9.17) is 5.73 Å². The third-order valence-electron chi connectivity index (χ3n) is 7.18. The van der Waals surface area contributed by atoms with Gasteiger partial charge in [0.2, 0.25) is 0 Å². The number of benzene rings is 3. The first kappa shape index (κ1) is 29.0. The average Bonchev–Trinajstić information content (AvgIpc) is 3.38. The van der Waals surface area contributed by atoms with Gasteiger partial charge in [-0.2, -0.15) is 18.3 Å². The summed E-state index contributed by atoms with van der Waals surface area (Å²) in [6.07, 6.45) is -5.95. The summed E-state index contributed by atoms with van der Waals surface area (Å²) in [5, 5.41) is 18.2. The molecule has 1 aliphatic rings. The monoisotopic (exact) mass is 581 g/mol. The fourth-order valence-corrected chi connectivity index (χ4v) is 5.23. The van der Waals surface area contributed by atoms with Crippen LogP contribution in [0, 0.1) is 5.82 Å². The van der Waals surface area contributed by atoms with E-state index >= 15 is 0 Å². The molecule has 5 rings (SSSR count). The molecule has 1 aromatic heterocycles. The van der Waals surface area contributed by atoms with Crippen LogP contribution in [-0.4, -0.2) is 45.8 Å². The molecular formula is C30H27F4N5O3. The number of rotatable bonds is 7.